The standard InChI is InChI=1S/C20H18N2O4S2/c23-16(24)7-3-9-22-19(26)15(28-20(22)27)11-14-10-13-5-1-4-12-6-2-8-21(17(12)13)18(14)25/h1,4-5,10-11H,2-3,6-9H2,(H,23,24)/b15-11-. The Bertz CT molecular complexity index is 1100. The number of benzene rings is 1. The number of carbonyl (C=O) groups excluding carboxylic acids is 1. The molecule has 3 heterocycles. The minimum atomic E-state index is -0.904. The lowest BCUT2D eigenvalue weighted by molar-refractivity contribution is -0.137. The maximum atomic E-state index is 13.0. The number of aromatic nitrogens is 1. The number of para-hydroxylation sites is 1. The van der Waals surface area contributed by atoms with Crippen LogP contribution in [-0.4, -0.2) is 37.3 Å². The first kappa shape index (κ1) is 18.9. The number of aryl methyl sites for hydroxylation is 2. The average molecular weight is 415 g/mol. The zero-order valence-corrected chi connectivity index (χ0v) is 16.6. The van der Waals surface area contributed by atoms with Gasteiger partial charge in [-0.2, -0.15) is 0 Å². The fraction of sp³-hybridized carbons (Fsp3) is 0.300. The van der Waals surface area contributed by atoms with E-state index in [-0.39, 0.29) is 24.4 Å². The Hall–Kier alpha value is -2.45. The normalized spacial score (nSPS) is 17.7. The van der Waals surface area contributed by atoms with E-state index in [1.807, 2.05) is 18.2 Å². The van der Waals surface area contributed by atoms with Gasteiger partial charge in [0.1, 0.15) is 4.32 Å². The second kappa shape index (κ2) is 7.52. The quantitative estimate of drug-likeness (QED) is 0.599. The Morgan fingerprint density at radius 2 is 2.14 bits per heavy atom. The molecule has 1 aromatic heterocycles. The van der Waals surface area contributed by atoms with E-state index in [0.29, 0.717) is 27.8 Å². The highest BCUT2D eigenvalue weighted by Gasteiger charge is 2.32. The largest absolute Gasteiger partial charge is 0.481 e. The summed E-state index contributed by atoms with van der Waals surface area (Å²) < 4.78 is 2.19. The molecule has 8 heteroatoms. The second-order valence-electron chi connectivity index (χ2n) is 6.85. The molecule has 144 valence electrons. The van der Waals surface area contributed by atoms with E-state index in [1.54, 1.807) is 10.6 Å². The second-order valence-corrected chi connectivity index (χ2v) is 8.52. The number of rotatable bonds is 5. The first-order chi connectivity index (χ1) is 13.5. The number of nitrogens with zero attached hydrogens (tertiary/aromatic N) is 2. The number of hydrogen-bond donors (Lipinski definition) is 1. The number of carbonyl (C=O) groups is 2. The maximum Gasteiger partial charge on any atom is 0.303 e. The summed E-state index contributed by atoms with van der Waals surface area (Å²) in [6.07, 6.45) is 3.81. The molecule has 0 aliphatic carbocycles. The van der Waals surface area contributed by atoms with E-state index in [2.05, 4.69) is 6.07 Å². The van der Waals surface area contributed by atoms with Crippen molar-refractivity contribution in [3.63, 3.8) is 0 Å². The van der Waals surface area contributed by atoms with Crippen LogP contribution in [0.3, 0.4) is 0 Å². The fourth-order valence-electron chi connectivity index (χ4n) is 3.71. The van der Waals surface area contributed by atoms with Crippen LogP contribution in [0.2, 0.25) is 0 Å². The molecule has 1 amide bonds. The van der Waals surface area contributed by atoms with Crippen LogP contribution in [0.5, 0.6) is 0 Å². The van der Waals surface area contributed by atoms with Gasteiger partial charge in [0.15, 0.2) is 0 Å². The lowest BCUT2D eigenvalue weighted by Gasteiger charge is -2.19. The summed E-state index contributed by atoms with van der Waals surface area (Å²) in [7, 11) is 0. The van der Waals surface area contributed by atoms with Crippen molar-refractivity contribution in [2.45, 2.75) is 32.2 Å². The number of thioether (sulfide) groups is 1. The van der Waals surface area contributed by atoms with Crippen LogP contribution in [0.4, 0.5) is 0 Å². The summed E-state index contributed by atoms with van der Waals surface area (Å²) in [5, 5.41) is 9.75. The zero-order chi connectivity index (χ0) is 19.8. The van der Waals surface area contributed by atoms with Crippen molar-refractivity contribution in [3.8, 4) is 0 Å². The molecule has 28 heavy (non-hydrogen) atoms. The van der Waals surface area contributed by atoms with Crippen molar-refractivity contribution >= 4 is 57.2 Å². The molecule has 6 nitrogen and oxygen atoms in total. The third kappa shape index (κ3) is 3.38. The van der Waals surface area contributed by atoms with Crippen LogP contribution in [0.1, 0.15) is 30.4 Å². The maximum absolute atomic E-state index is 13.0. The molecule has 0 atom stereocenters. The van der Waals surface area contributed by atoms with Gasteiger partial charge in [-0.3, -0.25) is 19.3 Å². The molecule has 2 aromatic rings. The summed E-state index contributed by atoms with van der Waals surface area (Å²) in [6, 6.07) is 7.86. The van der Waals surface area contributed by atoms with Gasteiger partial charge in [-0.25, -0.2) is 0 Å². The lowest BCUT2D eigenvalue weighted by atomic mass is 10.00. The smallest absolute Gasteiger partial charge is 0.303 e. The van der Waals surface area contributed by atoms with Gasteiger partial charge in [0.2, 0.25) is 0 Å². The molecule has 1 saturated heterocycles. The molecule has 2 aliphatic heterocycles. The van der Waals surface area contributed by atoms with Gasteiger partial charge in [0.25, 0.3) is 11.5 Å². The highest BCUT2D eigenvalue weighted by molar-refractivity contribution is 8.26. The SMILES string of the molecule is O=C(O)CCCN1C(=O)/C(=C/c2cc3cccc4c3n(c2=O)CCC4)SC1=S. The fourth-order valence-corrected chi connectivity index (χ4v) is 5.01. The molecule has 0 bridgehead atoms. The number of carboxylic acids is 1. The molecule has 4 rings (SSSR count). The first-order valence-corrected chi connectivity index (χ1v) is 10.3. The van der Waals surface area contributed by atoms with Crippen molar-refractivity contribution in [1.82, 2.24) is 9.47 Å². The van der Waals surface area contributed by atoms with Crippen LogP contribution >= 0.6 is 24.0 Å². The van der Waals surface area contributed by atoms with Gasteiger partial charge in [-0.1, -0.05) is 42.2 Å². The van der Waals surface area contributed by atoms with E-state index in [0.717, 1.165) is 35.5 Å². The highest BCUT2D eigenvalue weighted by Crippen LogP contribution is 2.33. The van der Waals surface area contributed by atoms with E-state index >= 15 is 0 Å². The van der Waals surface area contributed by atoms with E-state index in [4.69, 9.17) is 17.3 Å². The molecule has 0 saturated carbocycles. The molecule has 0 spiro atoms. The van der Waals surface area contributed by atoms with Crippen molar-refractivity contribution in [3.05, 3.63) is 50.7 Å². The van der Waals surface area contributed by atoms with Crippen molar-refractivity contribution in [2.24, 2.45) is 0 Å². The summed E-state index contributed by atoms with van der Waals surface area (Å²) in [5.74, 6) is -1.18. The van der Waals surface area contributed by atoms with Gasteiger partial charge >= 0.3 is 5.97 Å². The summed E-state index contributed by atoms with van der Waals surface area (Å²) >= 11 is 6.42. The van der Waals surface area contributed by atoms with Crippen molar-refractivity contribution in [1.29, 1.82) is 0 Å². The molecule has 1 N–H and O–H groups in total. The number of pyridine rings is 1. The zero-order valence-electron chi connectivity index (χ0n) is 15.0. The van der Waals surface area contributed by atoms with Crippen molar-refractivity contribution < 1.29 is 14.7 Å². The van der Waals surface area contributed by atoms with Crippen molar-refractivity contribution in [2.75, 3.05) is 6.54 Å². The molecule has 2 aliphatic rings. The predicted octanol–water partition coefficient (Wildman–Crippen LogP) is 3.01. The Labute approximate surface area is 170 Å². The topological polar surface area (TPSA) is 79.6 Å². The summed E-state index contributed by atoms with van der Waals surface area (Å²) in [4.78, 5) is 38.2. The Morgan fingerprint density at radius 1 is 1.32 bits per heavy atom. The Morgan fingerprint density at radius 3 is 2.93 bits per heavy atom. The van der Waals surface area contributed by atoms with E-state index in [9.17, 15) is 14.4 Å². The third-order valence-corrected chi connectivity index (χ3v) is 6.36. The summed E-state index contributed by atoms with van der Waals surface area (Å²) in [6.45, 7) is 0.934. The number of amides is 1. The van der Waals surface area contributed by atoms with Gasteiger partial charge in [-0.05, 0) is 42.4 Å². The minimum Gasteiger partial charge on any atom is -0.481 e. The first-order valence-electron chi connectivity index (χ1n) is 9.08. The van der Waals surface area contributed by atoms with Gasteiger partial charge in [0.05, 0.1) is 10.4 Å². The lowest BCUT2D eigenvalue weighted by Crippen LogP contribution is -2.29. The number of thiocarbonyl (C=S) groups is 1. The number of carboxylic acid groups (broad SMARTS) is 1. The Kier molecular flexibility index (Phi) is 5.07. The summed E-state index contributed by atoms with van der Waals surface area (Å²) in [5.41, 5.74) is 2.53. The molecule has 0 radical (unpaired) electrons. The monoisotopic (exact) mass is 414 g/mol. The van der Waals surface area contributed by atoms with Crippen LogP contribution < -0.4 is 5.56 Å². The van der Waals surface area contributed by atoms with E-state index < -0.39 is 5.97 Å². The molecule has 1 aromatic carbocycles. The third-order valence-electron chi connectivity index (χ3n) is 4.98. The van der Waals surface area contributed by atoms with Crippen LogP contribution in [-0.2, 0) is 22.6 Å². The molecule has 0 unspecified atom stereocenters. The highest BCUT2D eigenvalue weighted by atomic mass is 32.2. The van der Waals surface area contributed by atoms with Gasteiger partial charge in [-0.15, -0.1) is 0 Å². The van der Waals surface area contributed by atoms with Crippen LogP contribution in [0.15, 0.2) is 34.0 Å². The van der Waals surface area contributed by atoms with E-state index in [1.165, 1.54) is 10.5 Å². The van der Waals surface area contributed by atoms with Crippen LogP contribution in [0, 0.1) is 0 Å². The minimum absolute atomic E-state index is 0.0200. The predicted molar refractivity (Wildman–Crippen MR) is 113 cm³/mol. The number of hydrogen-bond acceptors (Lipinski definition) is 5. The molecular weight excluding hydrogens is 396 g/mol. The Balaban J connectivity index is 1.68. The molecule has 1 fully saturated rings. The number of aliphatic carboxylic acids is 1. The van der Waals surface area contributed by atoms with Gasteiger partial charge in [0, 0.05) is 25.1 Å². The average Bonchev–Trinajstić information content (AvgIpc) is 2.93. The van der Waals surface area contributed by atoms with Crippen LogP contribution in [0.25, 0.3) is 17.0 Å². The van der Waals surface area contributed by atoms with Gasteiger partial charge < -0.3 is 9.67 Å². The molecular formula is C20H18N2O4S2.